The first kappa shape index (κ1) is 19.8. The predicted octanol–water partition coefficient (Wildman–Crippen LogP) is 3.45. The Morgan fingerprint density at radius 2 is 2.00 bits per heavy atom. The first-order chi connectivity index (χ1) is 14.3. The Morgan fingerprint density at radius 3 is 2.70 bits per heavy atom. The zero-order chi connectivity index (χ0) is 21.3. The molecule has 0 unspecified atom stereocenters. The van der Waals surface area contributed by atoms with E-state index in [4.69, 9.17) is 4.74 Å². The monoisotopic (exact) mass is 408 g/mol. The Labute approximate surface area is 171 Å². The van der Waals surface area contributed by atoms with Crippen LogP contribution >= 0.6 is 0 Å². The molecule has 154 valence electrons. The average molecular weight is 408 g/mol. The second-order valence-electron chi connectivity index (χ2n) is 7.64. The van der Waals surface area contributed by atoms with Gasteiger partial charge in [0, 0.05) is 24.2 Å². The number of aromatic nitrogens is 4. The molecule has 3 aromatic heterocycles. The zero-order valence-corrected chi connectivity index (χ0v) is 16.6. The molecule has 0 aliphatic carbocycles. The largest absolute Gasteiger partial charge is 0.493 e. The van der Waals surface area contributed by atoms with E-state index in [1.54, 1.807) is 36.7 Å². The molecule has 0 saturated heterocycles. The Kier molecular flexibility index (Phi) is 5.09. The van der Waals surface area contributed by atoms with Crippen LogP contribution < -0.4 is 10.3 Å². The number of benzene rings is 1. The van der Waals surface area contributed by atoms with E-state index in [1.165, 1.54) is 18.6 Å². The van der Waals surface area contributed by atoms with Crippen molar-refractivity contribution in [2.24, 2.45) is 0 Å². The molecule has 8 heteroatoms. The fraction of sp³-hybridized carbons (Fsp3) is 0.227. The molecule has 3 heterocycles. The Hall–Kier alpha value is -3.52. The van der Waals surface area contributed by atoms with Gasteiger partial charge in [0.05, 0.1) is 42.0 Å². The third-order valence-corrected chi connectivity index (χ3v) is 4.71. The van der Waals surface area contributed by atoms with E-state index in [0.29, 0.717) is 41.1 Å². The van der Waals surface area contributed by atoms with Crippen LogP contribution in [0.3, 0.4) is 0 Å². The molecule has 1 aromatic carbocycles. The van der Waals surface area contributed by atoms with Crippen LogP contribution in [0.4, 0.5) is 4.39 Å². The highest BCUT2D eigenvalue weighted by molar-refractivity contribution is 5.94. The van der Waals surface area contributed by atoms with Crippen molar-refractivity contribution >= 4 is 11.0 Å². The van der Waals surface area contributed by atoms with E-state index in [9.17, 15) is 14.3 Å². The number of hydrogen-bond donors (Lipinski definition) is 2. The molecule has 0 aliphatic rings. The van der Waals surface area contributed by atoms with Crippen molar-refractivity contribution in [2.75, 3.05) is 6.61 Å². The van der Waals surface area contributed by atoms with E-state index in [2.05, 4.69) is 15.0 Å². The van der Waals surface area contributed by atoms with Gasteiger partial charge in [-0.2, -0.15) is 0 Å². The molecule has 4 aromatic rings. The lowest BCUT2D eigenvalue weighted by Gasteiger charge is -2.17. The van der Waals surface area contributed by atoms with Gasteiger partial charge in [0.15, 0.2) is 5.65 Å². The number of pyridine rings is 1. The molecule has 4 rings (SSSR count). The van der Waals surface area contributed by atoms with E-state index in [1.807, 2.05) is 12.1 Å². The Morgan fingerprint density at radius 1 is 1.23 bits per heavy atom. The number of halogens is 1. The van der Waals surface area contributed by atoms with Crippen LogP contribution in [0.5, 0.6) is 5.75 Å². The van der Waals surface area contributed by atoms with Gasteiger partial charge in [-0.05, 0) is 31.5 Å². The van der Waals surface area contributed by atoms with Crippen LogP contribution in [-0.4, -0.2) is 36.8 Å². The molecule has 0 bridgehead atoms. The van der Waals surface area contributed by atoms with Gasteiger partial charge in [0.25, 0.3) is 5.56 Å². The van der Waals surface area contributed by atoms with Crippen molar-refractivity contribution in [1.29, 1.82) is 0 Å². The molecule has 30 heavy (non-hydrogen) atoms. The van der Waals surface area contributed by atoms with Crippen LogP contribution in [0.25, 0.3) is 27.8 Å². The number of ether oxygens (including phenoxy) is 1. The fourth-order valence-corrected chi connectivity index (χ4v) is 3.17. The molecule has 0 amide bonds. The van der Waals surface area contributed by atoms with Gasteiger partial charge >= 0.3 is 0 Å². The number of hydrogen-bond acceptors (Lipinski definition) is 5. The number of nitrogens with zero attached hydrogens (tertiary/aromatic N) is 3. The minimum Gasteiger partial charge on any atom is -0.493 e. The van der Waals surface area contributed by atoms with E-state index in [-0.39, 0.29) is 5.56 Å². The maximum absolute atomic E-state index is 13.7. The van der Waals surface area contributed by atoms with Gasteiger partial charge in [-0.15, -0.1) is 0 Å². The highest BCUT2D eigenvalue weighted by atomic mass is 19.1. The number of nitrogens with one attached hydrogen (secondary N) is 1. The topological polar surface area (TPSA) is 93.0 Å². The van der Waals surface area contributed by atoms with Crippen LogP contribution in [0.15, 0.2) is 60.0 Å². The van der Waals surface area contributed by atoms with Gasteiger partial charge in [0.2, 0.25) is 0 Å². The zero-order valence-electron chi connectivity index (χ0n) is 16.6. The molecule has 0 aliphatic heterocycles. The van der Waals surface area contributed by atoms with E-state index in [0.717, 1.165) is 11.8 Å². The Bertz CT molecular complexity index is 1240. The van der Waals surface area contributed by atoms with Crippen molar-refractivity contribution in [1.82, 2.24) is 19.5 Å². The quantitative estimate of drug-likeness (QED) is 0.510. The minimum absolute atomic E-state index is 0.288. The summed E-state index contributed by atoms with van der Waals surface area (Å²) in [6, 6.07) is 8.62. The number of aromatic amines is 1. The summed E-state index contributed by atoms with van der Waals surface area (Å²) >= 11 is 0. The SMILES string of the molecule is CC(C)(O)CCOc1ccc(-c2cn(-c3cncc(F)c3)c3nc[nH]c(=O)c23)cc1. The maximum atomic E-state index is 13.7. The fourth-order valence-electron chi connectivity index (χ4n) is 3.17. The third-order valence-electron chi connectivity index (χ3n) is 4.71. The summed E-state index contributed by atoms with van der Waals surface area (Å²) in [5.74, 6) is 0.182. The molecule has 7 nitrogen and oxygen atoms in total. The Balaban J connectivity index is 1.72. The number of H-pyrrole nitrogens is 1. The molecule has 0 atom stereocenters. The molecule has 0 saturated carbocycles. The molecule has 2 N–H and O–H groups in total. The summed E-state index contributed by atoms with van der Waals surface area (Å²) in [5, 5.41) is 10.2. The van der Waals surface area contributed by atoms with E-state index < -0.39 is 11.4 Å². The van der Waals surface area contributed by atoms with Crippen molar-refractivity contribution in [3.63, 3.8) is 0 Å². The second kappa shape index (κ2) is 7.72. The predicted molar refractivity (Wildman–Crippen MR) is 111 cm³/mol. The lowest BCUT2D eigenvalue weighted by molar-refractivity contribution is 0.0553. The molecule has 0 radical (unpaired) electrons. The summed E-state index contributed by atoms with van der Waals surface area (Å²) in [6.07, 6.45) is 6.19. The van der Waals surface area contributed by atoms with Crippen molar-refractivity contribution < 1.29 is 14.2 Å². The molecule has 0 fully saturated rings. The van der Waals surface area contributed by atoms with Gasteiger partial charge in [-0.25, -0.2) is 9.37 Å². The molecular formula is C22H21FN4O3. The summed E-state index contributed by atoms with van der Waals surface area (Å²) in [5.41, 5.74) is 1.25. The molecule has 0 spiro atoms. The van der Waals surface area contributed by atoms with Crippen LogP contribution in [-0.2, 0) is 0 Å². The number of aliphatic hydroxyl groups is 1. The summed E-state index contributed by atoms with van der Waals surface area (Å²) < 4.78 is 21.0. The van der Waals surface area contributed by atoms with Crippen LogP contribution in [0.2, 0.25) is 0 Å². The summed E-state index contributed by atoms with van der Waals surface area (Å²) in [6.45, 7) is 3.85. The maximum Gasteiger partial charge on any atom is 0.260 e. The van der Waals surface area contributed by atoms with Crippen molar-refractivity contribution in [3.05, 3.63) is 71.4 Å². The number of fused-ring (bicyclic) bond motifs is 1. The van der Waals surface area contributed by atoms with Gasteiger partial charge in [-0.3, -0.25) is 14.3 Å². The third kappa shape index (κ3) is 4.08. The van der Waals surface area contributed by atoms with Crippen LogP contribution in [0, 0.1) is 5.82 Å². The van der Waals surface area contributed by atoms with Gasteiger partial charge in [-0.1, -0.05) is 12.1 Å². The smallest absolute Gasteiger partial charge is 0.260 e. The van der Waals surface area contributed by atoms with Gasteiger partial charge in [0.1, 0.15) is 11.6 Å². The second-order valence-corrected chi connectivity index (χ2v) is 7.64. The lowest BCUT2D eigenvalue weighted by atomic mass is 10.1. The molecular weight excluding hydrogens is 387 g/mol. The first-order valence-corrected chi connectivity index (χ1v) is 9.47. The van der Waals surface area contributed by atoms with Gasteiger partial charge < -0.3 is 14.8 Å². The van der Waals surface area contributed by atoms with Crippen LogP contribution in [0.1, 0.15) is 20.3 Å². The van der Waals surface area contributed by atoms with Crippen molar-refractivity contribution in [3.8, 4) is 22.6 Å². The summed E-state index contributed by atoms with van der Waals surface area (Å²) in [7, 11) is 0. The van der Waals surface area contributed by atoms with E-state index >= 15 is 0 Å². The van der Waals surface area contributed by atoms with Crippen molar-refractivity contribution in [2.45, 2.75) is 25.9 Å². The highest BCUT2D eigenvalue weighted by Gasteiger charge is 2.17. The standard InChI is InChI=1S/C22H21FN4O3/c1-22(2,29)7-8-30-17-5-3-14(4-6-17)18-12-27(16-9-15(23)10-24-11-16)20-19(18)21(28)26-13-25-20/h3-6,9-13,29H,7-8H2,1-2H3,(H,25,26,28). The normalized spacial score (nSPS) is 11.7. The lowest BCUT2D eigenvalue weighted by Crippen LogP contribution is -2.21. The summed E-state index contributed by atoms with van der Waals surface area (Å²) in [4.78, 5) is 23.3. The average Bonchev–Trinajstić information content (AvgIpc) is 3.09. The highest BCUT2D eigenvalue weighted by Crippen LogP contribution is 2.30. The number of rotatable bonds is 6. The first-order valence-electron chi connectivity index (χ1n) is 9.47. The minimum atomic E-state index is -0.790.